The second-order valence-electron chi connectivity index (χ2n) is 0.105. The van der Waals surface area contributed by atoms with Gasteiger partial charge in [0.2, 0.25) is 0 Å². The average Bonchev–Trinajstić information content (AvgIpc) is 0.918. The quantitative estimate of drug-likeness (QED) is 0.338. The van der Waals surface area contributed by atoms with Gasteiger partial charge >= 0.3 is 37.7 Å². The van der Waals surface area contributed by atoms with Gasteiger partial charge in [-0.1, -0.05) is 0 Å². The molecule has 25 valence electrons. The molecule has 0 spiro atoms. The largest absolute Gasteiger partial charge is 2.00 e. The van der Waals surface area contributed by atoms with Crippen LogP contribution in [-0.4, -0.2) is 55.9 Å². The minimum Gasteiger partial charge on any atom is -0.870 e. The summed E-state index contributed by atoms with van der Waals surface area (Å²) in [4.78, 5) is 0. The number of hydrogen-bond donors (Lipinski definition) is 1. The van der Waals surface area contributed by atoms with Crippen LogP contribution in [0.15, 0.2) is 0 Å². The Labute approximate surface area is 60.6 Å². The van der Waals surface area contributed by atoms with E-state index in [4.69, 9.17) is 10.0 Å². The maximum atomic E-state index is 8.36. The van der Waals surface area contributed by atoms with Crippen molar-refractivity contribution in [1.82, 2.24) is 0 Å². The maximum Gasteiger partial charge on any atom is 2.00 e. The SMILES string of the molecule is [Ca+2].[O-][B]O.[OH-]. The van der Waals surface area contributed by atoms with E-state index in [1.807, 2.05) is 0 Å². The summed E-state index contributed by atoms with van der Waals surface area (Å²) >= 11 is 0. The predicted molar refractivity (Wildman–Crippen MR) is 15.7 cm³/mol. The van der Waals surface area contributed by atoms with Gasteiger partial charge in [0.1, 0.15) is 0 Å². The third kappa shape index (κ3) is 36.8. The van der Waals surface area contributed by atoms with Crippen LogP contribution >= 0.6 is 0 Å². The standard InChI is InChI=1S/BHO2.Ca.H2O/c2-1-3;;/h2H;;1H2/q-1;+2;/p-1. The van der Waals surface area contributed by atoms with E-state index in [-0.39, 0.29) is 50.9 Å². The molecule has 5 heteroatoms. The van der Waals surface area contributed by atoms with E-state index < -0.39 is 0 Å². The summed E-state index contributed by atoms with van der Waals surface area (Å²) in [5.74, 6) is 0. The van der Waals surface area contributed by atoms with E-state index in [9.17, 15) is 0 Å². The van der Waals surface area contributed by atoms with Gasteiger partial charge in [-0.05, 0) is 0 Å². The van der Waals surface area contributed by atoms with E-state index in [0.717, 1.165) is 0 Å². The van der Waals surface area contributed by atoms with Crippen LogP contribution in [0.3, 0.4) is 0 Å². The van der Waals surface area contributed by atoms with Gasteiger partial charge in [0.25, 0.3) is 0 Å². The monoisotopic (exact) mass is 101 g/mol. The van der Waals surface area contributed by atoms with Crippen molar-refractivity contribution in [2.24, 2.45) is 0 Å². The van der Waals surface area contributed by atoms with E-state index >= 15 is 0 Å². The molecule has 0 aliphatic heterocycles. The summed E-state index contributed by atoms with van der Waals surface area (Å²) in [5.41, 5.74) is 0. The minimum absolute atomic E-state index is 0. The molecule has 0 aromatic heterocycles. The molecule has 0 heterocycles. The van der Waals surface area contributed by atoms with Gasteiger partial charge in [-0.25, -0.2) is 0 Å². The van der Waals surface area contributed by atoms with Gasteiger partial charge in [-0.2, -0.15) is 0 Å². The molecule has 0 amide bonds. The average molecular weight is 101 g/mol. The van der Waals surface area contributed by atoms with E-state index in [1.54, 1.807) is 0 Å². The Kier molecular flexibility index (Phi) is 62.0. The third-order valence-corrected chi connectivity index (χ3v) is 0. The van der Waals surface area contributed by atoms with Crippen LogP contribution in [0.25, 0.3) is 0 Å². The van der Waals surface area contributed by atoms with Crippen molar-refractivity contribution in [3.05, 3.63) is 0 Å². The maximum absolute atomic E-state index is 8.36. The Balaban J connectivity index is -0.0000000200. The molecule has 0 bridgehead atoms. The first-order chi connectivity index (χ1) is 1.41. The molecule has 0 aliphatic rings. The Morgan fingerprint density at radius 3 is 1.60 bits per heavy atom. The van der Waals surface area contributed by atoms with Crippen LogP contribution in [0.1, 0.15) is 0 Å². The second kappa shape index (κ2) is 18.9. The molecule has 0 rings (SSSR count). The van der Waals surface area contributed by atoms with Crippen LogP contribution in [0.5, 0.6) is 0 Å². The fourth-order valence-corrected chi connectivity index (χ4v) is 0. The van der Waals surface area contributed by atoms with Gasteiger partial charge in [0.05, 0.1) is 0 Å². The van der Waals surface area contributed by atoms with Gasteiger partial charge in [-0.3, -0.25) is 0 Å². The van der Waals surface area contributed by atoms with Crippen molar-refractivity contribution in [3.8, 4) is 0 Å². The third-order valence-electron chi connectivity index (χ3n) is 0. The smallest absolute Gasteiger partial charge is 0.870 e. The molecular weight excluding hydrogens is 98.9 g/mol. The first-order valence-electron chi connectivity index (χ1n) is 0.494. The van der Waals surface area contributed by atoms with Crippen molar-refractivity contribution in [2.45, 2.75) is 0 Å². The van der Waals surface area contributed by atoms with Crippen LogP contribution in [-0.2, 0) is 0 Å². The van der Waals surface area contributed by atoms with Crippen LogP contribution in [0.4, 0.5) is 0 Å². The zero-order valence-corrected chi connectivity index (χ0v) is 4.80. The summed E-state index contributed by atoms with van der Waals surface area (Å²) < 4.78 is 0. The zero-order valence-electron chi connectivity index (χ0n) is 2.59. The minimum atomic E-state index is -0.250. The van der Waals surface area contributed by atoms with Gasteiger partial charge in [-0.15, -0.1) is 0 Å². The molecule has 0 aromatic carbocycles. The topological polar surface area (TPSA) is 73.3 Å². The molecule has 0 unspecified atom stereocenters. The van der Waals surface area contributed by atoms with Gasteiger partial charge < -0.3 is 15.5 Å². The summed E-state index contributed by atoms with van der Waals surface area (Å²) in [6.07, 6.45) is 0. The van der Waals surface area contributed by atoms with Gasteiger partial charge in [0.15, 0.2) is 7.69 Å². The van der Waals surface area contributed by atoms with E-state index in [0.29, 0.717) is 0 Å². The fraction of sp³-hybridized carbons (Fsp3) is 0. The molecule has 0 saturated heterocycles. The summed E-state index contributed by atoms with van der Waals surface area (Å²) in [7, 11) is -0.250. The molecule has 0 fully saturated rings. The molecule has 1 radical (unpaired) electrons. The molecule has 0 aliphatic carbocycles. The van der Waals surface area contributed by atoms with Crippen molar-refractivity contribution < 1.29 is 15.5 Å². The molecule has 5 heavy (non-hydrogen) atoms. The predicted octanol–water partition coefficient (Wildman–Crippen LogP) is -2.68. The van der Waals surface area contributed by atoms with Crippen molar-refractivity contribution in [2.75, 3.05) is 0 Å². The summed E-state index contributed by atoms with van der Waals surface area (Å²) in [6.45, 7) is 0. The summed E-state index contributed by atoms with van der Waals surface area (Å²) in [6, 6.07) is 0. The first-order valence-corrected chi connectivity index (χ1v) is 0.494. The Morgan fingerprint density at radius 2 is 1.60 bits per heavy atom. The Bertz CT molecular complexity index is 6.85. The van der Waals surface area contributed by atoms with Crippen LogP contribution < -0.4 is 5.02 Å². The molecule has 2 N–H and O–H groups in total. The Morgan fingerprint density at radius 1 is 1.60 bits per heavy atom. The molecular formula is H2BCaO3. The number of hydrogen-bond acceptors (Lipinski definition) is 3. The molecule has 0 atom stereocenters. The van der Waals surface area contributed by atoms with Crippen molar-refractivity contribution in [1.29, 1.82) is 0 Å². The van der Waals surface area contributed by atoms with Crippen LogP contribution in [0, 0.1) is 0 Å². The summed E-state index contributed by atoms with van der Waals surface area (Å²) in [5, 5.41) is 15.2. The van der Waals surface area contributed by atoms with E-state index in [1.165, 1.54) is 0 Å². The van der Waals surface area contributed by atoms with Crippen molar-refractivity contribution >= 4 is 45.4 Å². The molecule has 0 aromatic rings. The normalized spacial score (nSPS) is 2.80. The fourth-order valence-electron chi connectivity index (χ4n) is 0. The van der Waals surface area contributed by atoms with Gasteiger partial charge in [0, 0.05) is 0 Å². The zero-order chi connectivity index (χ0) is 2.71. The number of rotatable bonds is 0. The van der Waals surface area contributed by atoms with Crippen molar-refractivity contribution in [3.63, 3.8) is 0 Å². The second-order valence-corrected chi connectivity index (χ2v) is 0.105. The molecule has 0 saturated carbocycles. The Hall–Kier alpha value is 1.20. The van der Waals surface area contributed by atoms with Crippen LogP contribution in [0.2, 0.25) is 0 Å². The van der Waals surface area contributed by atoms with E-state index in [2.05, 4.69) is 0 Å². The molecule has 3 nitrogen and oxygen atoms in total. The first kappa shape index (κ1) is 16.4.